The van der Waals surface area contributed by atoms with E-state index in [2.05, 4.69) is 92.5 Å². The molecular formula is C18H12Br2S2. The van der Waals surface area contributed by atoms with Crippen LogP contribution < -0.4 is 0 Å². The third-order valence-electron chi connectivity index (χ3n) is 2.95. The van der Waals surface area contributed by atoms with E-state index < -0.39 is 0 Å². The molecule has 0 aromatic heterocycles. The molecule has 0 spiro atoms. The van der Waals surface area contributed by atoms with Crippen LogP contribution in [0.2, 0.25) is 0 Å². The lowest BCUT2D eigenvalue weighted by atomic mass is 10.4. The summed E-state index contributed by atoms with van der Waals surface area (Å²) in [5.41, 5.74) is 0. The molecule has 110 valence electrons. The van der Waals surface area contributed by atoms with Crippen LogP contribution >= 0.6 is 55.4 Å². The normalized spacial score (nSPS) is 10.6. The average molecular weight is 452 g/mol. The minimum atomic E-state index is 1.13. The van der Waals surface area contributed by atoms with E-state index in [-0.39, 0.29) is 0 Å². The quantitative estimate of drug-likeness (QED) is 0.402. The Hall–Kier alpha value is -0.680. The summed E-state index contributed by atoms with van der Waals surface area (Å²) in [6.45, 7) is 0. The molecule has 0 bridgehead atoms. The lowest BCUT2D eigenvalue weighted by Crippen LogP contribution is -1.78. The third kappa shape index (κ3) is 4.19. The van der Waals surface area contributed by atoms with Gasteiger partial charge in [-0.05, 0) is 80.4 Å². The maximum atomic E-state index is 3.59. The van der Waals surface area contributed by atoms with E-state index >= 15 is 0 Å². The zero-order valence-corrected chi connectivity index (χ0v) is 16.3. The maximum Gasteiger partial charge on any atom is 0.0314 e. The van der Waals surface area contributed by atoms with Crippen molar-refractivity contribution in [1.29, 1.82) is 0 Å². The first-order chi connectivity index (χ1) is 10.7. The smallest absolute Gasteiger partial charge is 0.0314 e. The molecule has 0 nitrogen and oxygen atoms in total. The Balaban J connectivity index is 1.73. The maximum absolute atomic E-state index is 3.59. The van der Waals surface area contributed by atoms with Crippen LogP contribution in [0.1, 0.15) is 0 Å². The predicted molar refractivity (Wildman–Crippen MR) is 103 cm³/mol. The molecule has 0 amide bonds. The number of hydrogen-bond donors (Lipinski definition) is 0. The summed E-state index contributed by atoms with van der Waals surface area (Å²) in [6.07, 6.45) is 0. The van der Waals surface area contributed by atoms with Crippen LogP contribution in [0.15, 0.2) is 101 Å². The number of halogens is 2. The molecule has 22 heavy (non-hydrogen) atoms. The zero-order chi connectivity index (χ0) is 15.4. The van der Waals surface area contributed by atoms with Gasteiger partial charge in [-0.1, -0.05) is 47.8 Å². The van der Waals surface area contributed by atoms with Crippen LogP contribution in [0.5, 0.6) is 0 Å². The van der Waals surface area contributed by atoms with Gasteiger partial charge in [-0.2, -0.15) is 0 Å². The van der Waals surface area contributed by atoms with E-state index in [0.717, 1.165) is 8.95 Å². The minimum absolute atomic E-state index is 1.13. The van der Waals surface area contributed by atoms with Crippen LogP contribution in [-0.4, -0.2) is 0 Å². The average Bonchev–Trinajstić information content (AvgIpc) is 2.54. The van der Waals surface area contributed by atoms with Gasteiger partial charge in [0.2, 0.25) is 0 Å². The van der Waals surface area contributed by atoms with Crippen molar-refractivity contribution in [3.8, 4) is 0 Å². The monoisotopic (exact) mass is 450 g/mol. The molecule has 0 aliphatic rings. The Kier molecular flexibility index (Phi) is 5.69. The van der Waals surface area contributed by atoms with Crippen molar-refractivity contribution in [1.82, 2.24) is 0 Å². The van der Waals surface area contributed by atoms with Crippen molar-refractivity contribution in [2.24, 2.45) is 0 Å². The van der Waals surface area contributed by atoms with E-state index in [1.54, 1.807) is 23.5 Å². The molecule has 0 fully saturated rings. The summed E-state index contributed by atoms with van der Waals surface area (Å²) in [5.74, 6) is 0. The Morgan fingerprint density at radius 2 is 0.864 bits per heavy atom. The van der Waals surface area contributed by atoms with Crippen LogP contribution in [-0.2, 0) is 0 Å². The summed E-state index contributed by atoms with van der Waals surface area (Å²) in [4.78, 5) is 4.94. The minimum Gasteiger partial charge on any atom is -0.0889 e. The largest absolute Gasteiger partial charge is 0.0889 e. The fraction of sp³-hybridized carbons (Fsp3) is 0. The summed E-state index contributed by atoms with van der Waals surface area (Å²) < 4.78 is 2.26. The van der Waals surface area contributed by atoms with Crippen molar-refractivity contribution in [2.45, 2.75) is 19.6 Å². The molecule has 3 aromatic rings. The molecule has 0 aliphatic carbocycles. The molecule has 0 atom stereocenters. The Morgan fingerprint density at radius 1 is 0.500 bits per heavy atom. The van der Waals surface area contributed by atoms with Crippen LogP contribution in [0, 0.1) is 0 Å². The SMILES string of the molecule is Brc1ccccc1Sc1ccc(Sc2ccccc2Br)cc1. The lowest BCUT2D eigenvalue weighted by molar-refractivity contribution is 1.32. The van der Waals surface area contributed by atoms with Gasteiger partial charge in [-0.3, -0.25) is 0 Å². The van der Waals surface area contributed by atoms with Gasteiger partial charge in [0.1, 0.15) is 0 Å². The highest BCUT2D eigenvalue weighted by atomic mass is 79.9. The van der Waals surface area contributed by atoms with E-state index in [9.17, 15) is 0 Å². The Bertz CT molecular complexity index is 704. The van der Waals surface area contributed by atoms with Gasteiger partial charge in [0, 0.05) is 28.5 Å². The van der Waals surface area contributed by atoms with Crippen molar-refractivity contribution in [3.05, 3.63) is 81.7 Å². The fourth-order valence-corrected chi connectivity index (χ4v) is 4.62. The van der Waals surface area contributed by atoms with Crippen LogP contribution in [0.25, 0.3) is 0 Å². The van der Waals surface area contributed by atoms with Crippen molar-refractivity contribution in [2.75, 3.05) is 0 Å². The summed E-state index contributed by atoms with van der Waals surface area (Å²) in [7, 11) is 0. The molecular weight excluding hydrogens is 440 g/mol. The first-order valence-corrected chi connectivity index (χ1v) is 9.89. The molecule has 0 radical (unpaired) electrons. The molecule has 0 heterocycles. The van der Waals surface area contributed by atoms with E-state index in [1.165, 1.54) is 19.6 Å². The highest BCUT2D eigenvalue weighted by Gasteiger charge is 2.04. The number of rotatable bonds is 4. The van der Waals surface area contributed by atoms with Gasteiger partial charge in [0.25, 0.3) is 0 Å². The van der Waals surface area contributed by atoms with Gasteiger partial charge in [-0.25, -0.2) is 0 Å². The summed E-state index contributed by atoms with van der Waals surface area (Å²) in [6, 6.07) is 25.3. The van der Waals surface area contributed by atoms with E-state index in [0.29, 0.717) is 0 Å². The van der Waals surface area contributed by atoms with Gasteiger partial charge in [-0.15, -0.1) is 0 Å². The Morgan fingerprint density at radius 3 is 1.23 bits per heavy atom. The Labute approximate surface area is 156 Å². The lowest BCUT2D eigenvalue weighted by Gasteiger charge is -2.06. The molecule has 4 heteroatoms. The van der Waals surface area contributed by atoms with Gasteiger partial charge in [0.05, 0.1) is 0 Å². The number of hydrogen-bond acceptors (Lipinski definition) is 2. The second kappa shape index (κ2) is 7.73. The topological polar surface area (TPSA) is 0 Å². The number of benzene rings is 3. The van der Waals surface area contributed by atoms with Crippen molar-refractivity contribution in [3.63, 3.8) is 0 Å². The second-order valence-corrected chi connectivity index (χ2v) is 8.48. The standard InChI is InChI=1S/C18H12Br2S2/c19-15-5-1-3-7-17(15)21-13-9-11-14(12-10-13)22-18-8-4-2-6-16(18)20/h1-12H. The zero-order valence-electron chi connectivity index (χ0n) is 11.5. The second-order valence-electron chi connectivity index (χ2n) is 4.54. The summed E-state index contributed by atoms with van der Waals surface area (Å²) in [5, 5.41) is 0. The molecule has 3 rings (SSSR count). The van der Waals surface area contributed by atoms with Crippen LogP contribution in [0.4, 0.5) is 0 Å². The first kappa shape index (κ1) is 16.2. The fourth-order valence-electron chi connectivity index (χ4n) is 1.88. The van der Waals surface area contributed by atoms with Gasteiger partial charge >= 0.3 is 0 Å². The highest BCUT2D eigenvalue weighted by Crippen LogP contribution is 2.36. The highest BCUT2D eigenvalue weighted by molar-refractivity contribution is 9.10. The first-order valence-electron chi connectivity index (χ1n) is 6.67. The molecule has 0 saturated carbocycles. The van der Waals surface area contributed by atoms with Crippen molar-refractivity contribution >= 4 is 55.4 Å². The van der Waals surface area contributed by atoms with E-state index in [4.69, 9.17) is 0 Å². The third-order valence-corrected chi connectivity index (χ3v) is 7.03. The van der Waals surface area contributed by atoms with Gasteiger partial charge in [0.15, 0.2) is 0 Å². The van der Waals surface area contributed by atoms with Gasteiger partial charge < -0.3 is 0 Å². The molecule has 0 unspecified atom stereocenters. The molecule has 0 saturated heterocycles. The summed E-state index contributed by atoms with van der Waals surface area (Å²) >= 11 is 10.7. The predicted octanol–water partition coefficient (Wildman–Crippen LogP) is 7.51. The van der Waals surface area contributed by atoms with E-state index in [1.807, 2.05) is 12.1 Å². The van der Waals surface area contributed by atoms with Crippen molar-refractivity contribution < 1.29 is 0 Å². The molecule has 0 aliphatic heterocycles. The van der Waals surface area contributed by atoms with Crippen LogP contribution in [0.3, 0.4) is 0 Å². The molecule has 3 aromatic carbocycles. The molecule has 0 N–H and O–H groups in total.